The predicted octanol–water partition coefficient (Wildman–Crippen LogP) is 1.52. The Balaban J connectivity index is 2.03. The lowest BCUT2D eigenvalue weighted by atomic mass is 9.95. The van der Waals surface area contributed by atoms with Crippen LogP contribution >= 0.6 is 0 Å². The maximum Gasteiger partial charge on any atom is 0.253 e. The van der Waals surface area contributed by atoms with Crippen LogP contribution in [0.3, 0.4) is 0 Å². The van der Waals surface area contributed by atoms with Crippen LogP contribution in [0.5, 0.6) is 0 Å². The van der Waals surface area contributed by atoms with Crippen molar-refractivity contribution in [3.05, 3.63) is 35.6 Å². The molecular weight excluding hydrogens is 299 g/mol. The number of nitrogens with zero attached hydrogens (tertiary/aromatic N) is 2. The SMILES string of the molecule is CCN(CCO)C(=O)C1CCCN(C(=O)c2ccc(F)cc2)C1. The van der Waals surface area contributed by atoms with Gasteiger partial charge in [-0.3, -0.25) is 9.59 Å². The maximum atomic E-state index is 13.0. The Bertz CT molecular complexity index is 547. The number of hydrogen-bond donors (Lipinski definition) is 1. The van der Waals surface area contributed by atoms with Gasteiger partial charge in [-0.15, -0.1) is 0 Å². The molecule has 6 heteroatoms. The normalized spacial score (nSPS) is 17.9. The number of amides is 2. The van der Waals surface area contributed by atoms with Gasteiger partial charge < -0.3 is 14.9 Å². The van der Waals surface area contributed by atoms with E-state index in [1.807, 2.05) is 6.92 Å². The number of carbonyl (C=O) groups excluding carboxylic acids is 2. The summed E-state index contributed by atoms with van der Waals surface area (Å²) in [6, 6.07) is 5.46. The molecule has 1 aromatic rings. The highest BCUT2D eigenvalue weighted by molar-refractivity contribution is 5.94. The first-order valence-corrected chi connectivity index (χ1v) is 8.01. The van der Waals surface area contributed by atoms with Crippen LogP contribution in [0.4, 0.5) is 4.39 Å². The second kappa shape index (κ2) is 8.06. The molecule has 0 bridgehead atoms. The van der Waals surface area contributed by atoms with Crippen molar-refractivity contribution in [3.63, 3.8) is 0 Å². The molecule has 1 atom stereocenters. The topological polar surface area (TPSA) is 60.9 Å². The molecule has 2 amide bonds. The maximum absolute atomic E-state index is 13.0. The summed E-state index contributed by atoms with van der Waals surface area (Å²) in [6.45, 7) is 3.64. The summed E-state index contributed by atoms with van der Waals surface area (Å²) in [5, 5.41) is 9.04. The first-order valence-electron chi connectivity index (χ1n) is 8.01. The number of aliphatic hydroxyl groups is 1. The van der Waals surface area contributed by atoms with Crippen molar-refractivity contribution in [2.45, 2.75) is 19.8 Å². The summed E-state index contributed by atoms with van der Waals surface area (Å²) >= 11 is 0. The van der Waals surface area contributed by atoms with Crippen LogP contribution in [-0.2, 0) is 4.79 Å². The van der Waals surface area contributed by atoms with E-state index in [-0.39, 0.29) is 30.2 Å². The molecule has 1 fully saturated rings. The van der Waals surface area contributed by atoms with Gasteiger partial charge in [0.2, 0.25) is 5.91 Å². The minimum atomic E-state index is -0.379. The van der Waals surface area contributed by atoms with Gasteiger partial charge in [0.05, 0.1) is 12.5 Å². The zero-order chi connectivity index (χ0) is 16.8. The Morgan fingerprint density at radius 1 is 1.35 bits per heavy atom. The second-order valence-electron chi connectivity index (χ2n) is 5.74. The standard InChI is InChI=1S/C17H23FN2O3/c1-2-19(10-11-21)17(23)14-4-3-9-20(12-14)16(22)13-5-7-15(18)8-6-13/h5-8,14,21H,2-4,9-12H2,1H3. The Morgan fingerprint density at radius 3 is 2.65 bits per heavy atom. The number of benzene rings is 1. The molecule has 2 rings (SSSR count). The largest absolute Gasteiger partial charge is 0.395 e. The zero-order valence-corrected chi connectivity index (χ0v) is 13.4. The van der Waals surface area contributed by atoms with Crippen molar-refractivity contribution < 1.29 is 19.1 Å². The van der Waals surface area contributed by atoms with Crippen molar-refractivity contribution in [2.24, 2.45) is 5.92 Å². The van der Waals surface area contributed by atoms with Gasteiger partial charge in [-0.1, -0.05) is 0 Å². The van der Waals surface area contributed by atoms with Gasteiger partial charge in [0.1, 0.15) is 5.82 Å². The lowest BCUT2D eigenvalue weighted by molar-refractivity contribution is -0.137. The van der Waals surface area contributed by atoms with E-state index in [4.69, 9.17) is 5.11 Å². The minimum Gasteiger partial charge on any atom is -0.395 e. The van der Waals surface area contributed by atoms with Crippen LogP contribution in [0.25, 0.3) is 0 Å². The number of halogens is 1. The number of hydrogen-bond acceptors (Lipinski definition) is 3. The van der Waals surface area contributed by atoms with Crippen LogP contribution < -0.4 is 0 Å². The number of piperidine rings is 1. The molecule has 126 valence electrons. The van der Waals surface area contributed by atoms with Crippen molar-refractivity contribution in [1.82, 2.24) is 9.80 Å². The molecule has 1 heterocycles. The van der Waals surface area contributed by atoms with Gasteiger partial charge in [0.15, 0.2) is 0 Å². The van der Waals surface area contributed by atoms with Crippen molar-refractivity contribution in [1.29, 1.82) is 0 Å². The molecule has 0 spiro atoms. The number of rotatable bonds is 5. The predicted molar refractivity (Wildman–Crippen MR) is 84.4 cm³/mol. The Kier molecular flexibility index (Phi) is 6.10. The van der Waals surface area contributed by atoms with Gasteiger partial charge in [-0.2, -0.15) is 0 Å². The fourth-order valence-corrected chi connectivity index (χ4v) is 2.94. The van der Waals surface area contributed by atoms with E-state index in [2.05, 4.69) is 0 Å². The first-order chi connectivity index (χ1) is 11.1. The fraction of sp³-hybridized carbons (Fsp3) is 0.529. The molecule has 1 unspecified atom stereocenters. The molecule has 5 nitrogen and oxygen atoms in total. The number of carbonyl (C=O) groups is 2. The average Bonchev–Trinajstić information content (AvgIpc) is 2.59. The van der Waals surface area contributed by atoms with Gasteiger partial charge in [-0.05, 0) is 44.0 Å². The Morgan fingerprint density at radius 2 is 2.04 bits per heavy atom. The van der Waals surface area contributed by atoms with E-state index in [1.54, 1.807) is 9.80 Å². The van der Waals surface area contributed by atoms with Crippen molar-refractivity contribution in [3.8, 4) is 0 Å². The first kappa shape index (κ1) is 17.4. The highest BCUT2D eigenvalue weighted by Crippen LogP contribution is 2.21. The molecule has 1 N–H and O–H groups in total. The number of aliphatic hydroxyl groups excluding tert-OH is 1. The van der Waals surface area contributed by atoms with E-state index in [0.29, 0.717) is 31.7 Å². The molecule has 23 heavy (non-hydrogen) atoms. The minimum absolute atomic E-state index is 0.0156. The Hall–Kier alpha value is -1.95. The molecule has 1 saturated heterocycles. The highest BCUT2D eigenvalue weighted by atomic mass is 19.1. The molecule has 0 radical (unpaired) electrons. The van der Waals surface area contributed by atoms with Gasteiger partial charge in [0, 0.05) is 31.7 Å². The highest BCUT2D eigenvalue weighted by Gasteiger charge is 2.31. The van der Waals surface area contributed by atoms with Crippen LogP contribution in [0, 0.1) is 11.7 Å². The van der Waals surface area contributed by atoms with E-state index in [1.165, 1.54) is 24.3 Å². The number of likely N-dealkylation sites (tertiary alicyclic amines) is 1. The number of likely N-dealkylation sites (N-methyl/N-ethyl adjacent to an activating group) is 1. The summed E-state index contributed by atoms with van der Waals surface area (Å²) in [5.41, 5.74) is 0.433. The summed E-state index contributed by atoms with van der Waals surface area (Å²) in [7, 11) is 0. The zero-order valence-electron chi connectivity index (χ0n) is 13.4. The van der Waals surface area contributed by atoms with E-state index < -0.39 is 0 Å². The third-order valence-electron chi connectivity index (χ3n) is 4.21. The summed E-state index contributed by atoms with van der Waals surface area (Å²) < 4.78 is 13.0. The van der Waals surface area contributed by atoms with Gasteiger partial charge >= 0.3 is 0 Å². The molecule has 1 aromatic carbocycles. The lowest BCUT2D eigenvalue weighted by Gasteiger charge is -2.34. The third-order valence-corrected chi connectivity index (χ3v) is 4.21. The summed E-state index contributed by atoms with van der Waals surface area (Å²) in [4.78, 5) is 28.3. The van der Waals surface area contributed by atoms with Gasteiger partial charge in [0.25, 0.3) is 5.91 Å². The molecule has 0 aromatic heterocycles. The molecule has 1 aliphatic heterocycles. The molecule has 0 saturated carbocycles. The fourth-order valence-electron chi connectivity index (χ4n) is 2.94. The third kappa shape index (κ3) is 4.28. The van der Waals surface area contributed by atoms with E-state index in [9.17, 15) is 14.0 Å². The lowest BCUT2D eigenvalue weighted by Crippen LogP contribution is -2.47. The molecular formula is C17H23FN2O3. The van der Waals surface area contributed by atoms with Crippen molar-refractivity contribution in [2.75, 3.05) is 32.8 Å². The van der Waals surface area contributed by atoms with Crippen LogP contribution in [0.15, 0.2) is 24.3 Å². The van der Waals surface area contributed by atoms with E-state index in [0.717, 1.165) is 12.8 Å². The second-order valence-corrected chi connectivity index (χ2v) is 5.74. The molecule has 0 aliphatic carbocycles. The Labute approximate surface area is 135 Å². The summed E-state index contributed by atoms with van der Waals surface area (Å²) in [6.07, 6.45) is 1.51. The van der Waals surface area contributed by atoms with Crippen molar-refractivity contribution >= 4 is 11.8 Å². The summed E-state index contributed by atoms with van der Waals surface area (Å²) in [5.74, 6) is -0.804. The average molecular weight is 322 g/mol. The smallest absolute Gasteiger partial charge is 0.253 e. The monoisotopic (exact) mass is 322 g/mol. The van der Waals surface area contributed by atoms with Crippen LogP contribution in [-0.4, -0.2) is 59.5 Å². The molecule has 1 aliphatic rings. The van der Waals surface area contributed by atoms with E-state index >= 15 is 0 Å². The quantitative estimate of drug-likeness (QED) is 0.894. The van der Waals surface area contributed by atoms with Gasteiger partial charge in [-0.25, -0.2) is 4.39 Å². The van der Waals surface area contributed by atoms with Crippen LogP contribution in [0.2, 0.25) is 0 Å². The van der Waals surface area contributed by atoms with Crippen LogP contribution in [0.1, 0.15) is 30.1 Å².